The molecule has 0 radical (unpaired) electrons. The summed E-state index contributed by atoms with van der Waals surface area (Å²) in [5, 5.41) is 8.74. The van der Waals surface area contributed by atoms with E-state index in [2.05, 4.69) is 37.4 Å². The van der Waals surface area contributed by atoms with Crippen molar-refractivity contribution in [3.05, 3.63) is 63.7 Å². The van der Waals surface area contributed by atoms with Crippen molar-refractivity contribution in [2.75, 3.05) is 0 Å². The molecule has 0 atom stereocenters. The van der Waals surface area contributed by atoms with Crippen LogP contribution in [0.4, 0.5) is 0 Å². The van der Waals surface area contributed by atoms with Gasteiger partial charge in [-0.15, -0.1) is 0 Å². The summed E-state index contributed by atoms with van der Waals surface area (Å²) in [7, 11) is 0. The number of amides is 1. The van der Waals surface area contributed by atoms with Gasteiger partial charge in [0, 0.05) is 16.8 Å². The third-order valence-electron chi connectivity index (χ3n) is 3.78. The Bertz CT molecular complexity index is 976. The number of hydrogen-bond acceptors (Lipinski definition) is 5. The lowest BCUT2D eigenvalue weighted by Gasteiger charge is -2.08. The van der Waals surface area contributed by atoms with Gasteiger partial charge in [0.1, 0.15) is 11.6 Å². The zero-order chi connectivity index (χ0) is 18.5. The van der Waals surface area contributed by atoms with Crippen LogP contribution in [0.3, 0.4) is 0 Å². The molecule has 0 saturated carbocycles. The Balaban J connectivity index is 1.79. The number of aromatic nitrogens is 5. The molecule has 0 saturated heterocycles. The highest BCUT2D eigenvalue weighted by molar-refractivity contribution is 5.95. The molecule has 1 aromatic carbocycles. The first-order valence-electron chi connectivity index (χ1n) is 8.42. The SMILES string of the molecule is CCCc1cc(-c2cccc(C(=O)NCc3n[nH]c(=O)[nH]3)c2)nc(C)n1. The minimum Gasteiger partial charge on any atom is -0.345 e. The van der Waals surface area contributed by atoms with Crippen molar-refractivity contribution in [1.29, 1.82) is 0 Å². The first-order valence-corrected chi connectivity index (χ1v) is 8.42. The van der Waals surface area contributed by atoms with E-state index < -0.39 is 5.69 Å². The molecule has 2 heterocycles. The van der Waals surface area contributed by atoms with Crippen LogP contribution in [0, 0.1) is 6.92 Å². The monoisotopic (exact) mass is 352 g/mol. The Kier molecular flexibility index (Phi) is 5.21. The van der Waals surface area contributed by atoms with Crippen LogP contribution in [-0.4, -0.2) is 31.1 Å². The molecule has 2 aromatic heterocycles. The summed E-state index contributed by atoms with van der Waals surface area (Å²) in [5.74, 6) is 0.827. The van der Waals surface area contributed by atoms with E-state index in [4.69, 9.17) is 0 Å². The van der Waals surface area contributed by atoms with Crippen LogP contribution >= 0.6 is 0 Å². The molecular formula is C18H20N6O2. The van der Waals surface area contributed by atoms with E-state index in [0.717, 1.165) is 29.8 Å². The van der Waals surface area contributed by atoms with Crippen LogP contribution in [0.5, 0.6) is 0 Å². The Morgan fingerprint density at radius 3 is 2.81 bits per heavy atom. The highest BCUT2D eigenvalue weighted by Crippen LogP contribution is 2.20. The fourth-order valence-corrected chi connectivity index (χ4v) is 2.64. The van der Waals surface area contributed by atoms with Gasteiger partial charge in [-0.2, -0.15) is 5.10 Å². The zero-order valence-electron chi connectivity index (χ0n) is 14.7. The summed E-state index contributed by atoms with van der Waals surface area (Å²) in [6, 6.07) is 9.21. The molecule has 3 rings (SSSR count). The third kappa shape index (κ3) is 4.21. The van der Waals surface area contributed by atoms with Crippen LogP contribution in [-0.2, 0) is 13.0 Å². The molecule has 0 aliphatic rings. The Morgan fingerprint density at radius 2 is 2.08 bits per heavy atom. The summed E-state index contributed by atoms with van der Waals surface area (Å²) < 4.78 is 0. The molecule has 0 spiro atoms. The summed E-state index contributed by atoms with van der Waals surface area (Å²) in [6.45, 7) is 4.10. The van der Waals surface area contributed by atoms with Crippen LogP contribution < -0.4 is 11.0 Å². The molecule has 134 valence electrons. The maximum atomic E-state index is 12.4. The van der Waals surface area contributed by atoms with Gasteiger partial charge >= 0.3 is 5.69 Å². The second-order valence-corrected chi connectivity index (χ2v) is 5.93. The number of carbonyl (C=O) groups is 1. The number of nitrogens with one attached hydrogen (secondary N) is 3. The largest absolute Gasteiger partial charge is 0.345 e. The number of aryl methyl sites for hydroxylation is 2. The van der Waals surface area contributed by atoms with E-state index in [1.165, 1.54) is 0 Å². The number of benzene rings is 1. The van der Waals surface area contributed by atoms with Gasteiger partial charge in [-0.05, 0) is 31.5 Å². The van der Waals surface area contributed by atoms with Crippen LogP contribution in [0.15, 0.2) is 35.1 Å². The highest BCUT2D eigenvalue weighted by atomic mass is 16.2. The van der Waals surface area contributed by atoms with Crippen LogP contribution in [0.2, 0.25) is 0 Å². The van der Waals surface area contributed by atoms with Gasteiger partial charge in [-0.3, -0.25) is 9.78 Å². The quantitative estimate of drug-likeness (QED) is 0.625. The lowest BCUT2D eigenvalue weighted by molar-refractivity contribution is 0.0950. The van der Waals surface area contributed by atoms with Gasteiger partial charge in [0.15, 0.2) is 0 Å². The first kappa shape index (κ1) is 17.5. The number of hydrogen-bond donors (Lipinski definition) is 3. The number of rotatable bonds is 6. The minimum atomic E-state index is -0.404. The molecule has 1 amide bonds. The van der Waals surface area contributed by atoms with E-state index in [1.54, 1.807) is 12.1 Å². The van der Waals surface area contributed by atoms with Crippen molar-refractivity contribution in [3.63, 3.8) is 0 Å². The van der Waals surface area contributed by atoms with Crippen molar-refractivity contribution in [2.24, 2.45) is 0 Å². The smallest absolute Gasteiger partial charge is 0.340 e. The van der Waals surface area contributed by atoms with Crippen molar-refractivity contribution in [2.45, 2.75) is 33.2 Å². The second-order valence-electron chi connectivity index (χ2n) is 5.93. The molecule has 0 aliphatic heterocycles. The molecule has 3 aromatic rings. The van der Waals surface area contributed by atoms with Gasteiger partial charge in [-0.25, -0.2) is 19.9 Å². The van der Waals surface area contributed by atoms with Gasteiger partial charge in [0.25, 0.3) is 5.91 Å². The van der Waals surface area contributed by atoms with Gasteiger partial charge in [0.2, 0.25) is 0 Å². The molecule has 26 heavy (non-hydrogen) atoms. The Hall–Kier alpha value is -3.29. The van der Waals surface area contributed by atoms with Crippen molar-refractivity contribution in [1.82, 2.24) is 30.5 Å². The molecule has 0 fully saturated rings. The number of aromatic amines is 2. The van der Waals surface area contributed by atoms with E-state index >= 15 is 0 Å². The molecular weight excluding hydrogens is 332 g/mol. The van der Waals surface area contributed by atoms with Gasteiger partial charge < -0.3 is 5.32 Å². The topological polar surface area (TPSA) is 116 Å². The maximum absolute atomic E-state index is 12.4. The number of nitrogens with zero attached hydrogens (tertiary/aromatic N) is 3. The van der Waals surface area contributed by atoms with Crippen LogP contribution in [0.1, 0.15) is 41.0 Å². The van der Waals surface area contributed by atoms with Gasteiger partial charge in [-0.1, -0.05) is 25.5 Å². The maximum Gasteiger partial charge on any atom is 0.340 e. The normalized spacial score (nSPS) is 10.7. The third-order valence-corrected chi connectivity index (χ3v) is 3.78. The molecule has 0 unspecified atom stereocenters. The van der Waals surface area contributed by atoms with Crippen molar-refractivity contribution in [3.8, 4) is 11.3 Å². The van der Waals surface area contributed by atoms with Gasteiger partial charge in [0.05, 0.1) is 12.2 Å². The Labute approximate surface area is 150 Å². The summed E-state index contributed by atoms with van der Waals surface area (Å²) in [5.41, 5.74) is 2.75. The molecule has 3 N–H and O–H groups in total. The number of H-pyrrole nitrogens is 2. The highest BCUT2D eigenvalue weighted by Gasteiger charge is 2.10. The average Bonchev–Trinajstić information content (AvgIpc) is 3.05. The lowest BCUT2D eigenvalue weighted by atomic mass is 10.1. The summed E-state index contributed by atoms with van der Waals surface area (Å²) in [6.07, 6.45) is 1.89. The summed E-state index contributed by atoms with van der Waals surface area (Å²) >= 11 is 0. The molecule has 8 nitrogen and oxygen atoms in total. The standard InChI is InChI=1S/C18H20N6O2/c1-3-5-14-9-15(21-11(2)20-14)12-6-4-7-13(8-12)17(25)19-10-16-22-18(26)24-23-16/h4,6-9H,3,5,10H2,1-2H3,(H,19,25)(H2,22,23,24,26). The Morgan fingerprint density at radius 1 is 1.23 bits per heavy atom. The molecule has 8 heteroatoms. The predicted octanol–water partition coefficient (Wildman–Crippen LogP) is 1.75. The molecule has 0 bridgehead atoms. The first-order chi connectivity index (χ1) is 12.5. The van der Waals surface area contributed by atoms with Crippen molar-refractivity contribution < 1.29 is 4.79 Å². The predicted molar refractivity (Wildman–Crippen MR) is 96.6 cm³/mol. The zero-order valence-corrected chi connectivity index (χ0v) is 14.7. The van der Waals surface area contributed by atoms with Crippen LogP contribution in [0.25, 0.3) is 11.3 Å². The fraction of sp³-hybridized carbons (Fsp3) is 0.278. The van der Waals surface area contributed by atoms with E-state index in [9.17, 15) is 9.59 Å². The van der Waals surface area contributed by atoms with Crippen molar-refractivity contribution >= 4 is 5.91 Å². The summed E-state index contributed by atoms with van der Waals surface area (Å²) in [4.78, 5) is 34.8. The number of carbonyl (C=O) groups excluding carboxylic acids is 1. The fourth-order valence-electron chi connectivity index (χ4n) is 2.64. The van der Waals surface area contributed by atoms with E-state index in [1.807, 2.05) is 25.1 Å². The lowest BCUT2D eigenvalue weighted by Crippen LogP contribution is -2.23. The average molecular weight is 352 g/mol. The van der Waals surface area contributed by atoms with E-state index in [0.29, 0.717) is 17.2 Å². The second kappa shape index (κ2) is 7.73. The van der Waals surface area contributed by atoms with E-state index in [-0.39, 0.29) is 12.5 Å². The minimum absolute atomic E-state index is 0.134. The molecule has 0 aliphatic carbocycles.